The maximum absolute atomic E-state index is 5.74. The number of nitrogen functional groups attached to an aromatic ring is 1. The van der Waals surface area contributed by atoms with Gasteiger partial charge >= 0.3 is 0 Å². The van der Waals surface area contributed by atoms with Gasteiger partial charge in [-0.15, -0.1) is 11.8 Å². The second-order valence-electron chi connectivity index (χ2n) is 3.11. The molecule has 3 nitrogen and oxygen atoms in total. The van der Waals surface area contributed by atoms with Crippen LogP contribution in [0.3, 0.4) is 0 Å². The van der Waals surface area contributed by atoms with Gasteiger partial charge < -0.3 is 5.73 Å². The van der Waals surface area contributed by atoms with Gasteiger partial charge in [0.15, 0.2) is 5.82 Å². The highest BCUT2D eigenvalue weighted by Gasteiger charge is 2.04. The molecule has 0 saturated carbocycles. The van der Waals surface area contributed by atoms with Crippen LogP contribution in [0.5, 0.6) is 0 Å². The first-order valence-electron chi connectivity index (χ1n) is 4.28. The second-order valence-corrected chi connectivity index (χ2v) is 3.91. The van der Waals surface area contributed by atoms with Crippen molar-refractivity contribution in [1.82, 2.24) is 9.97 Å². The monoisotopic (exact) mass is 205 g/mol. The summed E-state index contributed by atoms with van der Waals surface area (Å²) < 4.78 is 0. The Bertz CT molecular complexity index is 482. The lowest BCUT2D eigenvalue weighted by molar-refractivity contribution is 1.14. The minimum atomic E-state index is 0.508. The standard InChI is InChI=1S/C10H11N3S/c1-6-3-4-7-8(5-6)13-10(14-2)9(11)12-7/h3-5H,1-2H3,(H2,11,12). The summed E-state index contributed by atoms with van der Waals surface area (Å²) in [6.45, 7) is 2.04. The van der Waals surface area contributed by atoms with E-state index >= 15 is 0 Å². The number of rotatable bonds is 1. The van der Waals surface area contributed by atoms with Crippen molar-refractivity contribution in [3.63, 3.8) is 0 Å². The SMILES string of the molecule is CSc1nc2cc(C)ccc2nc1N. The van der Waals surface area contributed by atoms with Crippen LogP contribution in [0.15, 0.2) is 23.2 Å². The molecule has 0 bridgehead atoms. The number of benzene rings is 1. The van der Waals surface area contributed by atoms with Gasteiger partial charge in [-0.05, 0) is 30.9 Å². The first-order chi connectivity index (χ1) is 6.70. The minimum Gasteiger partial charge on any atom is -0.381 e. The van der Waals surface area contributed by atoms with Crippen molar-refractivity contribution in [3.05, 3.63) is 23.8 Å². The van der Waals surface area contributed by atoms with Gasteiger partial charge in [0.05, 0.1) is 11.0 Å². The molecule has 1 aromatic heterocycles. The van der Waals surface area contributed by atoms with Crippen LogP contribution in [0.25, 0.3) is 11.0 Å². The highest BCUT2D eigenvalue weighted by molar-refractivity contribution is 7.98. The number of nitrogens with two attached hydrogens (primary N) is 1. The molecule has 0 saturated heterocycles. The van der Waals surface area contributed by atoms with Gasteiger partial charge in [0.2, 0.25) is 0 Å². The average molecular weight is 205 g/mol. The van der Waals surface area contributed by atoms with Crippen LogP contribution < -0.4 is 5.73 Å². The molecular formula is C10H11N3S. The summed E-state index contributed by atoms with van der Waals surface area (Å²) in [4.78, 5) is 8.71. The lowest BCUT2D eigenvalue weighted by atomic mass is 10.2. The van der Waals surface area contributed by atoms with Crippen LogP contribution in [0, 0.1) is 6.92 Å². The minimum absolute atomic E-state index is 0.508. The van der Waals surface area contributed by atoms with Crippen LogP contribution >= 0.6 is 11.8 Å². The number of hydrogen-bond acceptors (Lipinski definition) is 4. The van der Waals surface area contributed by atoms with E-state index in [1.165, 1.54) is 17.3 Å². The van der Waals surface area contributed by atoms with E-state index in [1.807, 2.05) is 31.4 Å². The average Bonchev–Trinajstić information content (AvgIpc) is 2.17. The summed E-state index contributed by atoms with van der Waals surface area (Å²) in [5.74, 6) is 0.508. The lowest BCUT2D eigenvalue weighted by Crippen LogP contribution is -1.96. The summed E-state index contributed by atoms with van der Waals surface area (Å²) in [6.07, 6.45) is 1.95. The Hall–Kier alpha value is -1.29. The molecule has 0 atom stereocenters. The predicted octanol–water partition coefficient (Wildman–Crippen LogP) is 2.24. The Labute approximate surface area is 86.7 Å². The number of hydrogen-bond donors (Lipinski definition) is 1. The van der Waals surface area contributed by atoms with Crippen molar-refractivity contribution in [3.8, 4) is 0 Å². The van der Waals surface area contributed by atoms with Crippen LogP contribution in [0.4, 0.5) is 5.82 Å². The summed E-state index contributed by atoms with van der Waals surface area (Å²) >= 11 is 1.52. The molecule has 14 heavy (non-hydrogen) atoms. The maximum Gasteiger partial charge on any atom is 0.156 e. The molecule has 0 aliphatic rings. The van der Waals surface area contributed by atoms with E-state index in [4.69, 9.17) is 5.73 Å². The van der Waals surface area contributed by atoms with Gasteiger partial charge in [0.1, 0.15) is 5.03 Å². The molecule has 2 N–H and O–H groups in total. The highest BCUT2D eigenvalue weighted by atomic mass is 32.2. The van der Waals surface area contributed by atoms with Crippen molar-refractivity contribution >= 4 is 28.6 Å². The van der Waals surface area contributed by atoms with Crippen molar-refractivity contribution in [2.45, 2.75) is 11.9 Å². The molecule has 72 valence electrons. The Kier molecular flexibility index (Phi) is 2.29. The summed E-state index contributed by atoms with van der Waals surface area (Å²) in [5.41, 5.74) is 8.68. The van der Waals surface area contributed by atoms with Crippen LogP contribution in [0.1, 0.15) is 5.56 Å². The fourth-order valence-electron chi connectivity index (χ4n) is 1.31. The molecule has 1 heterocycles. The van der Waals surface area contributed by atoms with E-state index in [-0.39, 0.29) is 0 Å². The Morgan fingerprint density at radius 2 is 2.00 bits per heavy atom. The van der Waals surface area contributed by atoms with Crippen molar-refractivity contribution in [2.24, 2.45) is 0 Å². The van der Waals surface area contributed by atoms with Gasteiger partial charge in [0, 0.05) is 0 Å². The highest BCUT2D eigenvalue weighted by Crippen LogP contribution is 2.22. The number of fused-ring (bicyclic) bond motifs is 1. The molecule has 0 fully saturated rings. The molecule has 0 radical (unpaired) electrons. The quantitative estimate of drug-likeness (QED) is 0.725. The number of nitrogens with zero attached hydrogens (tertiary/aromatic N) is 2. The summed E-state index contributed by atoms with van der Waals surface area (Å²) in [6, 6.07) is 5.97. The van der Waals surface area contributed by atoms with E-state index in [9.17, 15) is 0 Å². The smallest absolute Gasteiger partial charge is 0.156 e. The Morgan fingerprint density at radius 3 is 2.71 bits per heavy atom. The largest absolute Gasteiger partial charge is 0.381 e. The van der Waals surface area contributed by atoms with Crippen LogP contribution in [-0.4, -0.2) is 16.2 Å². The van der Waals surface area contributed by atoms with Crippen LogP contribution in [0.2, 0.25) is 0 Å². The fourth-order valence-corrected chi connectivity index (χ4v) is 1.76. The molecule has 0 aliphatic carbocycles. The maximum atomic E-state index is 5.74. The fraction of sp³-hybridized carbons (Fsp3) is 0.200. The zero-order valence-corrected chi connectivity index (χ0v) is 8.93. The van der Waals surface area contributed by atoms with Gasteiger partial charge in [-0.3, -0.25) is 0 Å². The topological polar surface area (TPSA) is 51.8 Å². The van der Waals surface area contributed by atoms with Gasteiger partial charge in [-0.2, -0.15) is 0 Å². The molecule has 0 spiro atoms. The summed E-state index contributed by atoms with van der Waals surface area (Å²) in [7, 11) is 0. The van der Waals surface area contributed by atoms with Gasteiger partial charge in [-0.25, -0.2) is 9.97 Å². The number of aryl methyl sites for hydroxylation is 1. The van der Waals surface area contributed by atoms with Crippen molar-refractivity contribution in [2.75, 3.05) is 12.0 Å². The third kappa shape index (κ3) is 1.53. The molecule has 2 aromatic rings. The van der Waals surface area contributed by atoms with E-state index in [1.54, 1.807) is 0 Å². The molecular weight excluding hydrogens is 194 g/mol. The number of anilines is 1. The van der Waals surface area contributed by atoms with Crippen molar-refractivity contribution < 1.29 is 0 Å². The number of aromatic nitrogens is 2. The lowest BCUT2D eigenvalue weighted by Gasteiger charge is -2.03. The third-order valence-corrected chi connectivity index (χ3v) is 2.69. The second kappa shape index (κ2) is 3.46. The molecule has 0 unspecified atom stereocenters. The third-order valence-electron chi connectivity index (χ3n) is 2.01. The van der Waals surface area contributed by atoms with Gasteiger partial charge in [0.25, 0.3) is 0 Å². The Morgan fingerprint density at radius 1 is 1.21 bits per heavy atom. The van der Waals surface area contributed by atoms with Gasteiger partial charge in [-0.1, -0.05) is 6.07 Å². The zero-order chi connectivity index (χ0) is 10.1. The molecule has 2 rings (SSSR count). The van der Waals surface area contributed by atoms with E-state index < -0.39 is 0 Å². The molecule has 4 heteroatoms. The molecule has 0 aliphatic heterocycles. The first-order valence-corrected chi connectivity index (χ1v) is 5.51. The molecule has 1 aromatic carbocycles. The van der Waals surface area contributed by atoms with E-state index in [0.29, 0.717) is 5.82 Å². The van der Waals surface area contributed by atoms with E-state index in [0.717, 1.165) is 16.1 Å². The summed E-state index contributed by atoms with van der Waals surface area (Å²) in [5, 5.41) is 0.795. The molecule has 0 amide bonds. The number of thioether (sulfide) groups is 1. The zero-order valence-electron chi connectivity index (χ0n) is 8.11. The normalized spacial score (nSPS) is 10.7. The van der Waals surface area contributed by atoms with Crippen LogP contribution in [-0.2, 0) is 0 Å². The first kappa shape index (κ1) is 9.27. The predicted molar refractivity (Wildman–Crippen MR) is 60.5 cm³/mol. The van der Waals surface area contributed by atoms with Crippen molar-refractivity contribution in [1.29, 1.82) is 0 Å². The Balaban J connectivity index is 2.73. The van der Waals surface area contributed by atoms with E-state index in [2.05, 4.69) is 9.97 Å².